The van der Waals surface area contributed by atoms with Crippen molar-refractivity contribution >= 4 is 27.5 Å². The highest BCUT2D eigenvalue weighted by Gasteiger charge is 2.35. The van der Waals surface area contributed by atoms with Gasteiger partial charge in [-0.2, -0.15) is 0 Å². The Morgan fingerprint density at radius 3 is 1.93 bits per heavy atom. The second-order valence-electron chi connectivity index (χ2n) is 11.6. The normalized spacial score (nSPS) is 12.2. The van der Waals surface area contributed by atoms with Gasteiger partial charge in [0.2, 0.25) is 11.8 Å². The third kappa shape index (κ3) is 8.57. The van der Waals surface area contributed by atoms with E-state index in [1.807, 2.05) is 70.2 Å². The smallest absolute Gasteiger partial charge is 0.264 e. The molecule has 0 bridgehead atoms. The second kappa shape index (κ2) is 15.0. The fourth-order valence-electron chi connectivity index (χ4n) is 5.02. The summed E-state index contributed by atoms with van der Waals surface area (Å²) in [7, 11) is -4.21. The van der Waals surface area contributed by atoms with Crippen LogP contribution in [0.15, 0.2) is 114 Å². The number of nitrogens with zero attached hydrogens (tertiary/aromatic N) is 2. The number of hydrogen-bond acceptors (Lipinski definition) is 4. The molecule has 4 rings (SSSR count). The van der Waals surface area contributed by atoms with E-state index in [1.165, 1.54) is 23.1 Å². The van der Waals surface area contributed by atoms with E-state index in [0.717, 1.165) is 15.4 Å². The minimum Gasteiger partial charge on any atom is -0.352 e. The number of anilines is 1. The van der Waals surface area contributed by atoms with Gasteiger partial charge in [0.25, 0.3) is 10.0 Å². The van der Waals surface area contributed by atoms with Gasteiger partial charge < -0.3 is 10.2 Å². The first-order chi connectivity index (χ1) is 21.5. The molecular formula is C36H40FN3O4S. The highest BCUT2D eigenvalue weighted by molar-refractivity contribution is 7.92. The molecule has 0 spiro atoms. The number of sulfonamides is 1. The van der Waals surface area contributed by atoms with Crippen LogP contribution in [0.25, 0.3) is 0 Å². The summed E-state index contributed by atoms with van der Waals surface area (Å²) in [6.45, 7) is 6.86. The van der Waals surface area contributed by atoms with Crippen molar-refractivity contribution in [2.24, 2.45) is 0 Å². The molecule has 1 N–H and O–H groups in total. The summed E-state index contributed by atoms with van der Waals surface area (Å²) in [6.07, 6.45) is 0.147. The maximum absolute atomic E-state index is 15.0. The van der Waals surface area contributed by atoms with Crippen molar-refractivity contribution in [1.29, 1.82) is 0 Å². The molecule has 0 fully saturated rings. The minimum absolute atomic E-state index is 0.0183. The van der Waals surface area contributed by atoms with Crippen LogP contribution in [-0.2, 0) is 32.6 Å². The lowest BCUT2D eigenvalue weighted by atomic mass is 10.0. The zero-order chi connectivity index (χ0) is 32.6. The van der Waals surface area contributed by atoms with Gasteiger partial charge in [-0.15, -0.1) is 0 Å². The Morgan fingerprint density at radius 2 is 1.36 bits per heavy atom. The molecule has 0 aromatic heterocycles. The Morgan fingerprint density at radius 1 is 0.778 bits per heavy atom. The molecule has 4 aromatic rings. The Bertz CT molecular complexity index is 1680. The Hall–Kier alpha value is -4.50. The van der Waals surface area contributed by atoms with Gasteiger partial charge in [-0.3, -0.25) is 13.9 Å². The van der Waals surface area contributed by atoms with Gasteiger partial charge in [0.05, 0.1) is 10.6 Å². The van der Waals surface area contributed by atoms with Gasteiger partial charge in [-0.05, 0) is 61.2 Å². The zero-order valence-corrected chi connectivity index (χ0v) is 26.9. The lowest BCUT2D eigenvalue weighted by Crippen LogP contribution is -2.54. The number of halogens is 1. The van der Waals surface area contributed by atoms with Gasteiger partial charge in [-0.1, -0.05) is 92.7 Å². The summed E-state index contributed by atoms with van der Waals surface area (Å²) in [5, 5.41) is 2.90. The molecule has 4 aromatic carbocycles. The van der Waals surface area contributed by atoms with Gasteiger partial charge in [0.15, 0.2) is 0 Å². The zero-order valence-electron chi connectivity index (χ0n) is 26.1. The number of nitrogens with one attached hydrogen (secondary N) is 1. The largest absolute Gasteiger partial charge is 0.352 e. The predicted molar refractivity (Wildman–Crippen MR) is 176 cm³/mol. The summed E-state index contributed by atoms with van der Waals surface area (Å²) < 4.78 is 44.2. The van der Waals surface area contributed by atoms with Crippen molar-refractivity contribution in [3.63, 3.8) is 0 Å². The lowest BCUT2D eigenvalue weighted by molar-refractivity contribution is -0.140. The first kappa shape index (κ1) is 33.4. The quantitative estimate of drug-likeness (QED) is 0.188. The molecule has 0 aliphatic heterocycles. The molecule has 0 saturated carbocycles. The fourth-order valence-corrected chi connectivity index (χ4v) is 6.45. The van der Waals surface area contributed by atoms with E-state index in [2.05, 4.69) is 5.32 Å². The lowest BCUT2D eigenvalue weighted by Gasteiger charge is -2.34. The van der Waals surface area contributed by atoms with E-state index in [9.17, 15) is 18.0 Å². The highest BCUT2D eigenvalue weighted by Crippen LogP contribution is 2.27. The van der Waals surface area contributed by atoms with E-state index < -0.39 is 40.2 Å². The molecule has 0 aliphatic carbocycles. The van der Waals surface area contributed by atoms with Crippen molar-refractivity contribution in [3.8, 4) is 0 Å². The highest BCUT2D eigenvalue weighted by atomic mass is 32.2. The fraction of sp³-hybridized carbons (Fsp3) is 0.278. The summed E-state index contributed by atoms with van der Waals surface area (Å²) >= 11 is 0. The van der Waals surface area contributed by atoms with Gasteiger partial charge >= 0.3 is 0 Å². The first-order valence-corrected chi connectivity index (χ1v) is 16.5. The van der Waals surface area contributed by atoms with E-state index in [-0.39, 0.29) is 35.4 Å². The van der Waals surface area contributed by atoms with Crippen molar-refractivity contribution in [1.82, 2.24) is 10.2 Å². The third-order valence-corrected chi connectivity index (χ3v) is 9.25. The predicted octanol–water partition coefficient (Wildman–Crippen LogP) is 6.31. The van der Waals surface area contributed by atoms with Crippen LogP contribution in [-0.4, -0.2) is 43.8 Å². The topological polar surface area (TPSA) is 86.8 Å². The van der Waals surface area contributed by atoms with Crippen molar-refractivity contribution < 1.29 is 22.4 Å². The number of amides is 2. The van der Waals surface area contributed by atoms with Crippen molar-refractivity contribution in [2.75, 3.05) is 10.8 Å². The van der Waals surface area contributed by atoms with Crippen LogP contribution in [0.3, 0.4) is 0 Å². The molecule has 1 atom stereocenters. The van der Waals surface area contributed by atoms with Gasteiger partial charge in [-0.25, -0.2) is 12.8 Å². The van der Waals surface area contributed by atoms with E-state index in [4.69, 9.17) is 0 Å². The van der Waals surface area contributed by atoms with Crippen LogP contribution >= 0.6 is 0 Å². The molecule has 1 unspecified atom stereocenters. The molecular weight excluding hydrogens is 589 g/mol. The van der Waals surface area contributed by atoms with Crippen LogP contribution in [0.2, 0.25) is 0 Å². The first-order valence-electron chi connectivity index (χ1n) is 15.0. The molecule has 0 radical (unpaired) electrons. The SMILES string of the molecule is CC(C)NC(=O)C(Cc1ccccc1)N(Cc1ccccc1F)C(=O)CN(c1ccc(C(C)C)cc1)S(=O)(=O)c1ccccc1. The summed E-state index contributed by atoms with van der Waals surface area (Å²) in [4.78, 5) is 29.5. The molecule has 236 valence electrons. The number of carbonyl (C=O) groups excluding carboxylic acids is 2. The van der Waals surface area contributed by atoms with Crippen molar-refractivity contribution in [3.05, 3.63) is 132 Å². The van der Waals surface area contributed by atoms with E-state index >= 15 is 4.39 Å². The third-order valence-electron chi connectivity index (χ3n) is 7.46. The minimum atomic E-state index is -4.21. The standard InChI is InChI=1S/C36H40FN3O4S/c1-26(2)29-19-21-31(22-20-29)40(45(43,44)32-16-9-6-10-17-32)25-35(41)39(24-30-15-11-12-18-33(30)37)34(36(42)38-27(3)4)23-28-13-7-5-8-14-28/h5-22,26-27,34H,23-25H2,1-4H3,(H,38,42). The molecule has 2 amide bonds. The maximum atomic E-state index is 15.0. The van der Waals surface area contributed by atoms with E-state index in [1.54, 1.807) is 48.5 Å². The summed E-state index contributed by atoms with van der Waals surface area (Å²) in [6, 6.07) is 28.9. The van der Waals surface area contributed by atoms with Crippen molar-refractivity contribution in [2.45, 2.75) is 63.6 Å². The molecule has 7 nitrogen and oxygen atoms in total. The van der Waals surface area contributed by atoms with Crippen LogP contribution in [0, 0.1) is 5.82 Å². The monoisotopic (exact) mass is 629 g/mol. The van der Waals surface area contributed by atoms with Crippen LogP contribution in [0.1, 0.15) is 50.3 Å². The molecule has 0 saturated heterocycles. The number of rotatable bonds is 13. The average Bonchev–Trinajstić information content (AvgIpc) is 3.02. The molecule has 0 heterocycles. The van der Waals surface area contributed by atoms with Crippen LogP contribution in [0.4, 0.5) is 10.1 Å². The van der Waals surface area contributed by atoms with Crippen LogP contribution in [0.5, 0.6) is 0 Å². The molecule has 0 aliphatic rings. The van der Waals surface area contributed by atoms with E-state index in [0.29, 0.717) is 5.69 Å². The van der Waals surface area contributed by atoms with Crippen LogP contribution < -0.4 is 9.62 Å². The Kier molecular flexibility index (Phi) is 11.1. The number of hydrogen-bond donors (Lipinski definition) is 1. The number of carbonyl (C=O) groups is 2. The Balaban J connectivity index is 1.81. The number of benzene rings is 4. The van der Waals surface area contributed by atoms with Gasteiger partial charge in [0.1, 0.15) is 18.4 Å². The van der Waals surface area contributed by atoms with Gasteiger partial charge in [0, 0.05) is 24.6 Å². The molecule has 9 heteroatoms. The summed E-state index contributed by atoms with van der Waals surface area (Å²) in [5.74, 6) is -1.38. The maximum Gasteiger partial charge on any atom is 0.264 e. The molecule has 45 heavy (non-hydrogen) atoms. The summed E-state index contributed by atoms with van der Waals surface area (Å²) in [5.41, 5.74) is 2.32. The average molecular weight is 630 g/mol. The second-order valence-corrected chi connectivity index (χ2v) is 13.4. The Labute approximate surface area is 265 Å².